The zero-order valence-electron chi connectivity index (χ0n) is 12.8. The van der Waals surface area contributed by atoms with Crippen LogP contribution in [0.3, 0.4) is 0 Å². The molecule has 2 saturated heterocycles. The molecule has 1 atom stereocenters. The van der Waals surface area contributed by atoms with Crippen LogP contribution in [-0.2, 0) is 4.79 Å². The first-order chi connectivity index (χ1) is 10.7. The fourth-order valence-electron chi connectivity index (χ4n) is 4.05. The number of hydrogen-bond donors (Lipinski definition) is 0. The SMILES string of the molecule is O=C1CCC2(CCCN(c3ccc(Cl)cn3)C2)CN1C1CC1. The van der Waals surface area contributed by atoms with E-state index >= 15 is 0 Å². The van der Waals surface area contributed by atoms with Crippen LogP contribution < -0.4 is 4.90 Å². The number of aromatic nitrogens is 1. The van der Waals surface area contributed by atoms with E-state index in [9.17, 15) is 4.79 Å². The largest absolute Gasteiger partial charge is 0.356 e. The molecule has 1 aromatic heterocycles. The number of anilines is 1. The highest BCUT2D eigenvalue weighted by Gasteiger charge is 2.45. The van der Waals surface area contributed by atoms with Crippen molar-refractivity contribution >= 4 is 23.3 Å². The lowest BCUT2D eigenvalue weighted by atomic mass is 9.73. The van der Waals surface area contributed by atoms with E-state index in [-0.39, 0.29) is 5.41 Å². The maximum absolute atomic E-state index is 12.2. The number of rotatable bonds is 2. The third-order valence-corrected chi connectivity index (χ3v) is 5.60. The summed E-state index contributed by atoms with van der Waals surface area (Å²) in [5.74, 6) is 1.38. The molecule has 5 heteroatoms. The molecule has 0 radical (unpaired) electrons. The average Bonchev–Trinajstić information content (AvgIpc) is 3.36. The predicted octanol–water partition coefficient (Wildman–Crippen LogP) is 3.11. The van der Waals surface area contributed by atoms with Gasteiger partial charge in [0.15, 0.2) is 0 Å². The lowest BCUT2D eigenvalue weighted by Crippen LogP contribution is -2.54. The van der Waals surface area contributed by atoms with Crippen molar-refractivity contribution in [2.75, 3.05) is 24.5 Å². The van der Waals surface area contributed by atoms with Gasteiger partial charge in [0.1, 0.15) is 5.82 Å². The van der Waals surface area contributed by atoms with Gasteiger partial charge in [-0.2, -0.15) is 0 Å². The first-order valence-electron chi connectivity index (χ1n) is 8.31. The van der Waals surface area contributed by atoms with Crippen LogP contribution in [0, 0.1) is 5.41 Å². The predicted molar refractivity (Wildman–Crippen MR) is 87.1 cm³/mol. The molecule has 0 bridgehead atoms. The van der Waals surface area contributed by atoms with Gasteiger partial charge in [0.05, 0.1) is 5.02 Å². The van der Waals surface area contributed by atoms with Crippen molar-refractivity contribution in [1.29, 1.82) is 0 Å². The van der Waals surface area contributed by atoms with E-state index in [0.29, 0.717) is 17.0 Å². The van der Waals surface area contributed by atoms with Crippen molar-refractivity contribution in [3.63, 3.8) is 0 Å². The van der Waals surface area contributed by atoms with Gasteiger partial charge >= 0.3 is 0 Å². The van der Waals surface area contributed by atoms with E-state index in [1.807, 2.05) is 12.1 Å². The molecule has 4 rings (SSSR count). The summed E-state index contributed by atoms with van der Waals surface area (Å²) in [6, 6.07) is 4.45. The zero-order valence-corrected chi connectivity index (χ0v) is 13.6. The molecule has 3 fully saturated rings. The van der Waals surface area contributed by atoms with Gasteiger partial charge in [-0.1, -0.05) is 11.6 Å². The molecule has 0 aromatic carbocycles. The fraction of sp³-hybridized carbons (Fsp3) is 0.647. The summed E-state index contributed by atoms with van der Waals surface area (Å²) in [5.41, 5.74) is 0.260. The normalized spacial score (nSPS) is 29.2. The molecule has 1 unspecified atom stereocenters. The highest BCUT2D eigenvalue weighted by atomic mass is 35.5. The number of piperidine rings is 2. The minimum atomic E-state index is 0.260. The minimum Gasteiger partial charge on any atom is -0.356 e. The second-order valence-corrected chi connectivity index (χ2v) is 7.55. The summed E-state index contributed by atoms with van der Waals surface area (Å²) < 4.78 is 0. The summed E-state index contributed by atoms with van der Waals surface area (Å²) in [6.07, 6.45) is 8.27. The Bertz CT molecular complexity index is 572. The number of carbonyl (C=O) groups excluding carboxylic acids is 1. The highest BCUT2D eigenvalue weighted by Crippen LogP contribution is 2.43. The van der Waals surface area contributed by atoms with Gasteiger partial charge in [0.2, 0.25) is 5.91 Å². The molecule has 1 spiro atoms. The second-order valence-electron chi connectivity index (χ2n) is 7.11. The van der Waals surface area contributed by atoms with Gasteiger partial charge in [0.25, 0.3) is 0 Å². The minimum absolute atomic E-state index is 0.260. The molecular formula is C17H22ClN3O. The van der Waals surface area contributed by atoms with Gasteiger partial charge in [-0.05, 0) is 44.2 Å². The second kappa shape index (κ2) is 5.41. The molecule has 22 heavy (non-hydrogen) atoms. The smallest absolute Gasteiger partial charge is 0.222 e. The summed E-state index contributed by atoms with van der Waals surface area (Å²) in [4.78, 5) is 21.2. The van der Waals surface area contributed by atoms with E-state index in [2.05, 4.69) is 14.8 Å². The molecule has 3 heterocycles. The van der Waals surface area contributed by atoms with Gasteiger partial charge in [-0.25, -0.2) is 4.98 Å². The summed E-state index contributed by atoms with van der Waals surface area (Å²) in [5, 5.41) is 0.679. The average molecular weight is 320 g/mol. The number of carbonyl (C=O) groups is 1. The molecule has 2 aliphatic heterocycles. The van der Waals surface area contributed by atoms with E-state index in [1.54, 1.807) is 6.20 Å². The highest BCUT2D eigenvalue weighted by molar-refractivity contribution is 6.30. The van der Waals surface area contributed by atoms with Crippen molar-refractivity contribution in [1.82, 2.24) is 9.88 Å². The van der Waals surface area contributed by atoms with Crippen molar-refractivity contribution in [3.05, 3.63) is 23.4 Å². The van der Waals surface area contributed by atoms with E-state index < -0.39 is 0 Å². The summed E-state index contributed by atoms with van der Waals surface area (Å²) in [6.45, 7) is 3.01. The van der Waals surface area contributed by atoms with Crippen LogP contribution >= 0.6 is 11.6 Å². The number of halogens is 1. The molecule has 1 amide bonds. The van der Waals surface area contributed by atoms with Gasteiger partial charge in [-0.3, -0.25) is 4.79 Å². The Morgan fingerprint density at radius 2 is 2.09 bits per heavy atom. The van der Waals surface area contributed by atoms with E-state index in [1.165, 1.54) is 25.7 Å². The van der Waals surface area contributed by atoms with Crippen LogP contribution in [0.2, 0.25) is 5.02 Å². The Hall–Kier alpha value is -1.29. The molecule has 1 aliphatic carbocycles. The van der Waals surface area contributed by atoms with Crippen LogP contribution in [0.25, 0.3) is 0 Å². The van der Waals surface area contributed by atoms with Crippen molar-refractivity contribution in [2.45, 2.75) is 44.6 Å². The van der Waals surface area contributed by atoms with Crippen molar-refractivity contribution in [3.8, 4) is 0 Å². The van der Waals surface area contributed by atoms with E-state index in [4.69, 9.17) is 11.6 Å². The standard InChI is InChI=1S/C17H22ClN3O/c18-13-2-5-15(19-10-13)20-9-1-7-17(11-20)8-6-16(22)21(12-17)14-3-4-14/h2,5,10,14H,1,3-4,6-9,11-12H2. The Morgan fingerprint density at radius 1 is 1.23 bits per heavy atom. The Labute approximate surface area is 136 Å². The van der Waals surface area contributed by atoms with Gasteiger partial charge < -0.3 is 9.80 Å². The number of pyridine rings is 1. The number of nitrogens with zero attached hydrogens (tertiary/aromatic N) is 3. The monoisotopic (exact) mass is 319 g/mol. The Morgan fingerprint density at radius 3 is 2.82 bits per heavy atom. The molecule has 1 aromatic rings. The Kier molecular flexibility index (Phi) is 3.52. The summed E-state index contributed by atoms with van der Waals surface area (Å²) in [7, 11) is 0. The van der Waals surface area contributed by atoms with Gasteiger partial charge in [-0.15, -0.1) is 0 Å². The molecule has 3 aliphatic rings. The molecule has 1 saturated carbocycles. The maximum Gasteiger partial charge on any atom is 0.222 e. The lowest BCUT2D eigenvalue weighted by molar-refractivity contribution is -0.138. The van der Waals surface area contributed by atoms with Gasteiger partial charge in [0, 0.05) is 43.7 Å². The van der Waals surface area contributed by atoms with Crippen molar-refractivity contribution < 1.29 is 4.79 Å². The van der Waals surface area contributed by atoms with Crippen molar-refractivity contribution in [2.24, 2.45) is 5.41 Å². The van der Waals surface area contributed by atoms with Crippen LogP contribution in [-0.4, -0.2) is 41.5 Å². The Balaban J connectivity index is 1.52. The number of hydrogen-bond acceptors (Lipinski definition) is 3. The maximum atomic E-state index is 12.2. The fourth-order valence-corrected chi connectivity index (χ4v) is 4.17. The first-order valence-corrected chi connectivity index (χ1v) is 8.69. The van der Waals surface area contributed by atoms with Crippen LogP contribution in [0.15, 0.2) is 18.3 Å². The molecular weight excluding hydrogens is 298 g/mol. The van der Waals surface area contributed by atoms with Crippen LogP contribution in [0.1, 0.15) is 38.5 Å². The first kappa shape index (κ1) is 14.3. The topological polar surface area (TPSA) is 36.4 Å². The number of amides is 1. The quantitative estimate of drug-likeness (QED) is 0.840. The van der Waals surface area contributed by atoms with Crippen LogP contribution in [0.5, 0.6) is 0 Å². The molecule has 4 nitrogen and oxygen atoms in total. The molecule has 118 valence electrons. The lowest BCUT2D eigenvalue weighted by Gasteiger charge is -2.48. The third-order valence-electron chi connectivity index (χ3n) is 5.38. The molecule has 0 N–H and O–H groups in total. The zero-order chi connectivity index (χ0) is 15.2. The summed E-state index contributed by atoms with van der Waals surface area (Å²) >= 11 is 5.94. The number of likely N-dealkylation sites (tertiary alicyclic amines) is 1. The van der Waals surface area contributed by atoms with Crippen LogP contribution in [0.4, 0.5) is 5.82 Å². The van der Waals surface area contributed by atoms with E-state index in [0.717, 1.165) is 38.3 Å². The third kappa shape index (κ3) is 2.69.